The maximum absolute atomic E-state index is 6.09. The van der Waals surface area contributed by atoms with Crippen molar-refractivity contribution in [3.8, 4) is 0 Å². The van der Waals surface area contributed by atoms with Gasteiger partial charge in [-0.05, 0) is 38.1 Å². The van der Waals surface area contributed by atoms with Gasteiger partial charge in [0, 0.05) is 22.2 Å². The molecule has 106 valence electrons. The molecule has 2 aromatic heterocycles. The summed E-state index contributed by atoms with van der Waals surface area (Å²) < 4.78 is 0. The van der Waals surface area contributed by atoms with Crippen LogP contribution >= 0.6 is 23.4 Å². The van der Waals surface area contributed by atoms with Crippen LogP contribution in [0, 0.1) is 20.8 Å². The van der Waals surface area contributed by atoms with Crippen molar-refractivity contribution < 1.29 is 0 Å². The van der Waals surface area contributed by atoms with Crippen molar-refractivity contribution in [2.75, 3.05) is 0 Å². The molecule has 0 bridgehead atoms. The van der Waals surface area contributed by atoms with Crippen LogP contribution in [0.15, 0.2) is 34.4 Å². The van der Waals surface area contributed by atoms with Crippen molar-refractivity contribution in [2.24, 2.45) is 0 Å². The van der Waals surface area contributed by atoms with E-state index in [1.165, 1.54) is 11.8 Å². The van der Waals surface area contributed by atoms with Gasteiger partial charge in [0.1, 0.15) is 5.03 Å². The van der Waals surface area contributed by atoms with E-state index in [0.717, 1.165) is 32.7 Å². The Morgan fingerprint density at radius 3 is 2.19 bits per heavy atom. The van der Waals surface area contributed by atoms with Gasteiger partial charge < -0.3 is 0 Å². The van der Waals surface area contributed by atoms with Crippen LogP contribution in [0.3, 0.4) is 0 Å². The van der Waals surface area contributed by atoms with Crippen molar-refractivity contribution in [3.63, 3.8) is 0 Å². The molecule has 0 aliphatic rings. The van der Waals surface area contributed by atoms with Crippen LogP contribution in [0.2, 0.25) is 5.15 Å². The summed E-state index contributed by atoms with van der Waals surface area (Å²) in [5.74, 6) is 0. The number of nitrogens with zero attached hydrogens (tertiary/aromatic N) is 4. The van der Waals surface area contributed by atoms with E-state index >= 15 is 0 Å². The molecule has 0 spiro atoms. The molecule has 0 unspecified atom stereocenters. The number of aryl methyl sites for hydroxylation is 2. The minimum atomic E-state index is 0.409. The van der Waals surface area contributed by atoms with Gasteiger partial charge in [0.15, 0.2) is 10.3 Å². The fourth-order valence-electron chi connectivity index (χ4n) is 2.00. The summed E-state index contributed by atoms with van der Waals surface area (Å²) >= 11 is 7.50. The average Bonchev–Trinajstić information content (AvgIpc) is 2.48. The van der Waals surface area contributed by atoms with Crippen LogP contribution in [0.1, 0.15) is 17.0 Å². The zero-order valence-electron chi connectivity index (χ0n) is 11.9. The van der Waals surface area contributed by atoms with Gasteiger partial charge in [-0.2, -0.15) is 0 Å². The predicted octanol–water partition coefficient (Wildman–Crippen LogP) is 4.15. The van der Waals surface area contributed by atoms with Gasteiger partial charge in [-0.1, -0.05) is 35.9 Å². The van der Waals surface area contributed by atoms with Gasteiger partial charge in [-0.15, -0.1) is 10.2 Å². The van der Waals surface area contributed by atoms with Gasteiger partial charge in [-0.25, -0.2) is 9.97 Å². The summed E-state index contributed by atoms with van der Waals surface area (Å²) in [5, 5.41) is 11.9. The molecule has 0 atom stereocenters. The normalized spacial score (nSPS) is 11.0. The van der Waals surface area contributed by atoms with Crippen LogP contribution in [0.25, 0.3) is 10.8 Å². The molecule has 3 rings (SSSR count). The quantitative estimate of drug-likeness (QED) is 0.665. The van der Waals surface area contributed by atoms with Gasteiger partial charge in [0.2, 0.25) is 0 Å². The lowest BCUT2D eigenvalue weighted by molar-refractivity contribution is 0.873. The third kappa shape index (κ3) is 2.71. The summed E-state index contributed by atoms with van der Waals surface area (Å²) in [6.07, 6.45) is 0. The van der Waals surface area contributed by atoms with Crippen molar-refractivity contribution in [3.05, 3.63) is 46.4 Å². The van der Waals surface area contributed by atoms with Crippen LogP contribution < -0.4 is 0 Å². The Morgan fingerprint density at radius 1 is 0.905 bits per heavy atom. The van der Waals surface area contributed by atoms with Gasteiger partial charge in [0.05, 0.1) is 0 Å². The molecule has 0 N–H and O–H groups in total. The Hall–Kier alpha value is -1.72. The zero-order valence-corrected chi connectivity index (χ0v) is 13.5. The predicted molar refractivity (Wildman–Crippen MR) is 84.9 cm³/mol. The first-order valence-electron chi connectivity index (χ1n) is 6.47. The molecule has 3 aromatic rings. The molecule has 6 heteroatoms. The molecule has 2 heterocycles. The number of aromatic nitrogens is 4. The van der Waals surface area contributed by atoms with Crippen LogP contribution in [0.5, 0.6) is 0 Å². The van der Waals surface area contributed by atoms with E-state index in [9.17, 15) is 0 Å². The van der Waals surface area contributed by atoms with E-state index in [2.05, 4.69) is 20.2 Å². The molecular weight excluding hydrogens is 304 g/mol. The van der Waals surface area contributed by atoms with Crippen LogP contribution in [-0.4, -0.2) is 20.2 Å². The van der Waals surface area contributed by atoms with Crippen molar-refractivity contribution >= 4 is 34.1 Å². The van der Waals surface area contributed by atoms with E-state index in [1.807, 2.05) is 45.0 Å². The smallest absolute Gasteiger partial charge is 0.194 e. The maximum Gasteiger partial charge on any atom is 0.194 e. The van der Waals surface area contributed by atoms with Crippen molar-refractivity contribution in [2.45, 2.75) is 31.0 Å². The average molecular weight is 317 g/mol. The van der Waals surface area contributed by atoms with Gasteiger partial charge in [-0.3, -0.25) is 0 Å². The van der Waals surface area contributed by atoms with Gasteiger partial charge >= 0.3 is 0 Å². The summed E-state index contributed by atoms with van der Waals surface area (Å²) in [4.78, 5) is 9.02. The number of fused-ring (bicyclic) bond motifs is 1. The van der Waals surface area contributed by atoms with E-state index in [0.29, 0.717) is 10.3 Å². The summed E-state index contributed by atoms with van der Waals surface area (Å²) in [5.41, 5.74) is 3.08. The van der Waals surface area contributed by atoms with E-state index in [1.54, 1.807) is 0 Å². The molecule has 0 aliphatic carbocycles. The number of hydrogen-bond donors (Lipinski definition) is 0. The molecular formula is C15H13ClN4S. The van der Waals surface area contributed by atoms with E-state index in [4.69, 9.17) is 11.6 Å². The number of rotatable bonds is 2. The lowest BCUT2D eigenvalue weighted by Crippen LogP contribution is -1.99. The first kappa shape index (κ1) is 14.2. The number of benzene rings is 1. The highest BCUT2D eigenvalue weighted by Crippen LogP contribution is 2.32. The molecule has 0 saturated heterocycles. The highest BCUT2D eigenvalue weighted by atomic mass is 35.5. The van der Waals surface area contributed by atoms with Gasteiger partial charge in [0.25, 0.3) is 0 Å². The maximum atomic E-state index is 6.09. The third-order valence-corrected chi connectivity index (χ3v) is 4.55. The second kappa shape index (κ2) is 5.58. The molecule has 1 aromatic carbocycles. The van der Waals surface area contributed by atoms with E-state index < -0.39 is 0 Å². The minimum absolute atomic E-state index is 0.409. The number of hydrogen-bond acceptors (Lipinski definition) is 5. The minimum Gasteiger partial charge on any atom is -0.227 e. The topological polar surface area (TPSA) is 51.6 Å². The Bertz CT molecular complexity index is 812. The highest BCUT2D eigenvalue weighted by Gasteiger charge is 2.12. The van der Waals surface area contributed by atoms with Crippen molar-refractivity contribution in [1.82, 2.24) is 20.2 Å². The Balaban J connectivity index is 2.09. The third-order valence-electron chi connectivity index (χ3n) is 3.41. The molecule has 0 aliphatic heterocycles. The highest BCUT2D eigenvalue weighted by molar-refractivity contribution is 7.99. The molecule has 4 nitrogen and oxygen atoms in total. The summed E-state index contributed by atoms with van der Waals surface area (Å²) in [6.45, 7) is 6.00. The van der Waals surface area contributed by atoms with Crippen LogP contribution in [-0.2, 0) is 0 Å². The molecule has 0 amide bonds. The largest absolute Gasteiger partial charge is 0.227 e. The summed E-state index contributed by atoms with van der Waals surface area (Å²) in [6, 6.07) is 7.80. The monoisotopic (exact) mass is 316 g/mol. The first-order chi connectivity index (χ1) is 10.1. The lowest BCUT2D eigenvalue weighted by atomic mass is 10.2. The molecule has 0 radical (unpaired) electrons. The van der Waals surface area contributed by atoms with Crippen LogP contribution in [0.4, 0.5) is 0 Å². The fourth-order valence-corrected chi connectivity index (χ4v) is 3.11. The second-order valence-corrected chi connectivity index (χ2v) is 6.06. The van der Waals surface area contributed by atoms with E-state index in [-0.39, 0.29) is 0 Å². The summed E-state index contributed by atoms with van der Waals surface area (Å²) in [7, 11) is 0. The first-order valence-corrected chi connectivity index (χ1v) is 7.66. The lowest BCUT2D eigenvalue weighted by Gasteiger charge is -2.08. The Labute approximate surface area is 132 Å². The molecule has 0 fully saturated rings. The molecule has 0 saturated carbocycles. The molecule has 21 heavy (non-hydrogen) atoms. The Kier molecular flexibility index (Phi) is 3.78. The fraction of sp³-hybridized carbons (Fsp3) is 0.200. The zero-order chi connectivity index (χ0) is 15.0. The second-order valence-electron chi connectivity index (χ2n) is 4.75. The SMILES string of the molecule is Cc1nc(Sc2nnc(Cl)c3ccccc23)nc(C)c1C. The standard InChI is InChI=1S/C15H13ClN4S/c1-8-9(2)17-15(18-10(8)3)21-14-12-7-5-4-6-11(12)13(16)19-20-14/h4-7H,1-3H3. The van der Waals surface area contributed by atoms with Crippen molar-refractivity contribution in [1.29, 1.82) is 0 Å². The number of halogens is 1. The Morgan fingerprint density at radius 2 is 1.52 bits per heavy atom.